The van der Waals surface area contributed by atoms with Gasteiger partial charge in [0.15, 0.2) is 6.61 Å². The highest BCUT2D eigenvalue weighted by Gasteiger charge is 2.25. The van der Waals surface area contributed by atoms with E-state index in [0.717, 1.165) is 18.2 Å². The fourth-order valence-corrected chi connectivity index (χ4v) is 2.75. The van der Waals surface area contributed by atoms with Crippen molar-refractivity contribution in [3.05, 3.63) is 70.6 Å². The molecular formula is C21H18N2O5. The normalized spacial score (nSPS) is 13.1. The third-order valence-electron chi connectivity index (χ3n) is 4.32. The van der Waals surface area contributed by atoms with Gasteiger partial charge in [0, 0.05) is 23.6 Å². The van der Waals surface area contributed by atoms with Crippen molar-refractivity contribution >= 4 is 28.5 Å². The molecule has 142 valence electrons. The Labute approximate surface area is 160 Å². The zero-order chi connectivity index (χ0) is 19.5. The number of carbonyl (C=O) groups excluding carboxylic acids is 2. The van der Waals surface area contributed by atoms with Gasteiger partial charge in [-0.25, -0.2) is 4.79 Å². The van der Waals surface area contributed by atoms with Crippen LogP contribution in [0, 0.1) is 0 Å². The summed E-state index contributed by atoms with van der Waals surface area (Å²) in [5.41, 5.74) is 0.768. The van der Waals surface area contributed by atoms with Crippen LogP contribution in [0.4, 0.5) is 5.69 Å². The second-order valence-electron chi connectivity index (χ2n) is 6.58. The molecule has 7 heteroatoms. The van der Waals surface area contributed by atoms with Gasteiger partial charge in [0.25, 0.3) is 11.8 Å². The number of benzene rings is 2. The summed E-state index contributed by atoms with van der Waals surface area (Å²) in [7, 11) is 0. The van der Waals surface area contributed by atoms with Gasteiger partial charge in [-0.05, 0) is 43.2 Å². The molecule has 1 saturated carbocycles. The highest BCUT2D eigenvalue weighted by atomic mass is 16.5. The van der Waals surface area contributed by atoms with Crippen molar-refractivity contribution in [2.45, 2.75) is 18.9 Å². The summed E-state index contributed by atoms with van der Waals surface area (Å²) in [6.45, 7) is -0.249. The molecular weight excluding hydrogens is 360 g/mol. The van der Waals surface area contributed by atoms with Crippen LogP contribution >= 0.6 is 0 Å². The van der Waals surface area contributed by atoms with Crippen molar-refractivity contribution in [2.24, 2.45) is 0 Å². The average Bonchev–Trinajstić information content (AvgIpc) is 3.50. The molecule has 0 unspecified atom stereocenters. The van der Waals surface area contributed by atoms with Crippen molar-refractivity contribution in [1.29, 1.82) is 0 Å². The lowest BCUT2D eigenvalue weighted by Gasteiger charge is -2.12. The zero-order valence-corrected chi connectivity index (χ0v) is 14.9. The predicted octanol–water partition coefficient (Wildman–Crippen LogP) is 2.70. The van der Waals surface area contributed by atoms with E-state index in [9.17, 15) is 14.4 Å². The van der Waals surface area contributed by atoms with E-state index in [1.165, 1.54) is 6.07 Å². The van der Waals surface area contributed by atoms with E-state index in [1.54, 1.807) is 48.5 Å². The van der Waals surface area contributed by atoms with Gasteiger partial charge < -0.3 is 19.8 Å². The first kappa shape index (κ1) is 17.8. The molecule has 2 aromatic carbocycles. The number of nitrogens with one attached hydrogen (secondary N) is 2. The number of fused-ring (bicyclic) bond motifs is 1. The summed E-state index contributed by atoms with van der Waals surface area (Å²) in [6, 6.07) is 15.0. The molecule has 1 heterocycles. The van der Waals surface area contributed by atoms with E-state index in [2.05, 4.69) is 10.6 Å². The Kier molecular flexibility index (Phi) is 4.80. The Balaban J connectivity index is 1.41. The highest BCUT2D eigenvalue weighted by Crippen LogP contribution is 2.22. The summed E-state index contributed by atoms with van der Waals surface area (Å²) >= 11 is 0. The number of amides is 2. The Hall–Kier alpha value is -3.61. The molecule has 7 nitrogen and oxygen atoms in total. The van der Waals surface area contributed by atoms with Crippen molar-refractivity contribution in [3.63, 3.8) is 0 Å². The first-order chi connectivity index (χ1) is 13.6. The van der Waals surface area contributed by atoms with Gasteiger partial charge in [0.05, 0.1) is 11.3 Å². The topological polar surface area (TPSA) is 97.6 Å². The molecule has 4 rings (SSSR count). The molecule has 0 radical (unpaired) electrons. The van der Waals surface area contributed by atoms with E-state index >= 15 is 0 Å². The molecule has 1 aliphatic rings. The molecule has 2 amide bonds. The number of hydrogen-bond acceptors (Lipinski definition) is 5. The molecule has 1 fully saturated rings. The molecule has 0 aliphatic heterocycles. The van der Waals surface area contributed by atoms with Crippen molar-refractivity contribution < 1.29 is 18.7 Å². The second-order valence-corrected chi connectivity index (χ2v) is 6.58. The summed E-state index contributed by atoms with van der Waals surface area (Å²) in [5, 5.41) is 6.37. The van der Waals surface area contributed by atoms with E-state index in [-0.39, 0.29) is 18.6 Å². The minimum atomic E-state index is -0.455. The monoisotopic (exact) mass is 378 g/mol. The molecule has 0 atom stereocenters. The molecule has 0 saturated heterocycles. The van der Waals surface area contributed by atoms with Gasteiger partial charge in [-0.15, -0.1) is 0 Å². The average molecular weight is 378 g/mol. The van der Waals surface area contributed by atoms with Crippen LogP contribution in [0.3, 0.4) is 0 Å². The zero-order valence-electron chi connectivity index (χ0n) is 14.9. The van der Waals surface area contributed by atoms with Crippen LogP contribution < -0.4 is 21.0 Å². The largest absolute Gasteiger partial charge is 0.484 e. The second kappa shape index (κ2) is 7.56. The fraction of sp³-hybridized carbons (Fsp3) is 0.190. The molecule has 0 bridgehead atoms. The lowest BCUT2D eigenvalue weighted by atomic mass is 10.1. The lowest BCUT2D eigenvalue weighted by Crippen LogP contribution is -2.28. The van der Waals surface area contributed by atoms with Gasteiger partial charge in [-0.3, -0.25) is 9.59 Å². The fourth-order valence-electron chi connectivity index (χ4n) is 2.75. The van der Waals surface area contributed by atoms with Crippen molar-refractivity contribution in [1.82, 2.24) is 5.32 Å². The summed E-state index contributed by atoms with van der Waals surface area (Å²) < 4.78 is 10.6. The number of hydrogen-bond donors (Lipinski definition) is 2. The van der Waals surface area contributed by atoms with Crippen molar-refractivity contribution in [3.8, 4) is 5.75 Å². The number of para-hydroxylation sites is 1. The minimum Gasteiger partial charge on any atom is -0.484 e. The van der Waals surface area contributed by atoms with Gasteiger partial charge in [0.2, 0.25) is 0 Å². The van der Waals surface area contributed by atoms with Gasteiger partial charge >= 0.3 is 5.63 Å². The van der Waals surface area contributed by atoms with Crippen LogP contribution in [0.25, 0.3) is 11.0 Å². The predicted molar refractivity (Wildman–Crippen MR) is 104 cm³/mol. The Bertz CT molecular complexity index is 1100. The van der Waals surface area contributed by atoms with E-state index in [1.807, 2.05) is 0 Å². The molecule has 1 aromatic heterocycles. The molecule has 2 N–H and O–H groups in total. The summed E-state index contributed by atoms with van der Waals surface area (Å²) in [6.07, 6.45) is 1.97. The Morgan fingerprint density at radius 1 is 1.07 bits per heavy atom. The lowest BCUT2D eigenvalue weighted by molar-refractivity contribution is -0.118. The quantitative estimate of drug-likeness (QED) is 0.643. The molecule has 1 aliphatic carbocycles. The number of ether oxygens (including phenoxy) is 1. The van der Waals surface area contributed by atoms with Crippen molar-refractivity contribution in [2.75, 3.05) is 11.9 Å². The van der Waals surface area contributed by atoms with Gasteiger partial charge in [-0.2, -0.15) is 0 Å². The van der Waals surface area contributed by atoms with Crippen LogP contribution in [0.1, 0.15) is 23.2 Å². The maximum atomic E-state index is 12.3. The SMILES string of the molecule is O=C(COc1ccc2ccc(=O)oc2c1)Nc1ccccc1C(=O)NC1CC1. The van der Waals surface area contributed by atoms with E-state index in [4.69, 9.17) is 9.15 Å². The third kappa shape index (κ3) is 4.20. The Morgan fingerprint density at radius 3 is 2.68 bits per heavy atom. The standard InChI is InChI=1S/C21H18N2O5/c24-19(12-27-15-9-5-13-6-10-20(25)28-18(13)11-15)23-17-4-2-1-3-16(17)21(26)22-14-7-8-14/h1-6,9-11,14H,7-8,12H2,(H,22,26)(H,23,24). The van der Waals surface area contributed by atoms with Gasteiger partial charge in [0.1, 0.15) is 11.3 Å². The van der Waals surface area contributed by atoms with Crippen LogP contribution in [0.5, 0.6) is 5.75 Å². The smallest absolute Gasteiger partial charge is 0.336 e. The summed E-state index contributed by atoms with van der Waals surface area (Å²) in [5.74, 6) is -0.207. The molecule has 3 aromatic rings. The third-order valence-corrected chi connectivity index (χ3v) is 4.32. The minimum absolute atomic E-state index is 0.205. The van der Waals surface area contributed by atoms with Crippen LogP contribution in [0.15, 0.2) is 63.8 Å². The summed E-state index contributed by atoms with van der Waals surface area (Å²) in [4.78, 5) is 35.9. The molecule has 28 heavy (non-hydrogen) atoms. The van der Waals surface area contributed by atoms with Crippen LogP contribution in [-0.2, 0) is 4.79 Å². The van der Waals surface area contributed by atoms with E-state index in [0.29, 0.717) is 22.6 Å². The number of anilines is 1. The first-order valence-electron chi connectivity index (χ1n) is 8.95. The van der Waals surface area contributed by atoms with Crippen LogP contribution in [-0.4, -0.2) is 24.5 Å². The van der Waals surface area contributed by atoms with Gasteiger partial charge in [-0.1, -0.05) is 12.1 Å². The van der Waals surface area contributed by atoms with E-state index < -0.39 is 11.5 Å². The maximum Gasteiger partial charge on any atom is 0.336 e. The van der Waals surface area contributed by atoms with Crippen LogP contribution in [0.2, 0.25) is 0 Å². The highest BCUT2D eigenvalue weighted by molar-refractivity contribution is 6.04. The molecule has 0 spiro atoms. The first-order valence-corrected chi connectivity index (χ1v) is 8.95. The number of carbonyl (C=O) groups is 2. The number of rotatable bonds is 6. The maximum absolute atomic E-state index is 12.3. The Morgan fingerprint density at radius 2 is 1.86 bits per heavy atom.